The Kier molecular flexibility index (Phi) is 8.30. The first-order valence-corrected chi connectivity index (χ1v) is 19.7. The minimum Gasteiger partial charge on any atom is -0.458 e. The SMILES string of the molecule is CC(C)c1cccc(C(C)C)c1-n1c(-c2cc3c4c(c2)Oc2ccccc2B4c2ccccc2O3)[n+](-c2c(C(C)C)cccc2C(C)C)c2ccccc21. The summed E-state index contributed by atoms with van der Waals surface area (Å²) in [5, 5.41) is 0. The third kappa shape index (κ3) is 5.23. The van der Waals surface area contributed by atoms with Crippen LogP contribution < -0.4 is 30.4 Å². The second-order valence-corrected chi connectivity index (χ2v) is 16.3. The van der Waals surface area contributed by atoms with Gasteiger partial charge in [-0.05, 0) is 71.0 Å². The highest BCUT2D eigenvalue weighted by Gasteiger charge is 2.42. The first-order valence-electron chi connectivity index (χ1n) is 19.7. The Morgan fingerprint density at radius 1 is 0.500 bits per heavy atom. The highest BCUT2D eigenvalue weighted by atomic mass is 16.5. The lowest BCUT2D eigenvalue weighted by atomic mass is 9.35. The quantitative estimate of drug-likeness (QED) is 0.122. The summed E-state index contributed by atoms with van der Waals surface area (Å²) in [7, 11) is 0. The van der Waals surface area contributed by atoms with Crippen LogP contribution in [0.3, 0.4) is 0 Å². The van der Waals surface area contributed by atoms with E-state index in [4.69, 9.17) is 9.47 Å². The smallest absolute Gasteiger partial charge is 0.300 e. The van der Waals surface area contributed by atoms with Crippen LogP contribution in [-0.2, 0) is 0 Å². The summed E-state index contributed by atoms with van der Waals surface area (Å²) in [4.78, 5) is 0. The lowest BCUT2D eigenvalue weighted by molar-refractivity contribution is -0.556. The zero-order valence-corrected chi connectivity index (χ0v) is 32.6. The van der Waals surface area contributed by atoms with Crippen molar-refractivity contribution in [2.75, 3.05) is 0 Å². The first kappa shape index (κ1) is 34.2. The van der Waals surface area contributed by atoms with Gasteiger partial charge in [0.25, 0.3) is 6.71 Å². The fraction of sp³-hybridized carbons (Fsp3) is 0.245. The lowest BCUT2D eigenvalue weighted by Gasteiger charge is -2.33. The number of imidazole rings is 1. The monoisotopic (exact) mass is 707 g/mol. The predicted molar refractivity (Wildman–Crippen MR) is 224 cm³/mol. The highest BCUT2D eigenvalue weighted by molar-refractivity contribution is 6.98. The van der Waals surface area contributed by atoms with Gasteiger partial charge in [-0.2, -0.15) is 9.13 Å². The molecule has 0 atom stereocenters. The molecule has 1 aromatic heterocycles. The zero-order chi connectivity index (χ0) is 37.4. The van der Waals surface area contributed by atoms with Gasteiger partial charge < -0.3 is 9.47 Å². The summed E-state index contributed by atoms with van der Waals surface area (Å²) in [6, 6.07) is 44.2. The molecule has 4 nitrogen and oxygen atoms in total. The zero-order valence-electron chi connectivity index (χ0n) is 32.6. The van der Waals surface area contributed by atoms with Crippen molar-refractivity contribution in [1.29, 1.82) is 0 Å². The summed E-state index contributed by atoms with van der Waals surface area (Å²) < 4.78 is 18.9. The third-order valence-corrected chi connectivity index (χ3v) is 11.5. The van der Waals surface area contributed by atoms with Gasteiger partial charge in [-0.1, -0.05) is 140 Å². The normalized spacial score (nSPS) is 13.0. The molecule has 7 aromatic rings. The van der Waals surface area contributed by atoms with Crippen molar-refractivity contribution in [3.63, 3.8) is 0 Å². The summed E-state index contributed by atoms with van der Waals surface area (Å²) in [5.41, 5.74) is 14.6. The van der Waals surface area contributed by atoms with Gasteiger partial charge in [-0.25, -0.2) is 0 Å². The van der Waals surface area contributed by atoms with E-state index in [0.717, 1.165) is 50.9 Å². The average Bonchev–Trinajstić information content (AvgIpc) is 3.51. The van der Waals surface area contributed by atoms with Crippen molar-refractivity contribution in [3.8, 4) is 45.8 Å². The van der Waals surface area contributed by atoms with Crippen LogP contribution in [0.4, 0.5) is 0 Å². The first-order chi connectivity index (χ1) is 26.1. The molecule has 0 aliphatic carbocycles. The molecule has 0 bridgehead atoms. The number of ether oxygens (including phenoxy) is 2. The van der Waals surface area contributed by atoms with Gasteiger partial charge in [0.15, 0.2) is 11.0 Å². The maximum Gasteiger partial charge on any atom is 0.300 e. The molecule has 0 spiro atoms. The summed E-state index contributed by atoms with van der Waals surface area (Å²) in [6.45, 7) is 18.5. The molecule has 0 saturated carbocycles. The number of fused-ring (bicyclic) bond motifs is 5. The van der Waals surface area contributed by atoms with Crippen molar-refractivity contribution in [2.45, 2.75) is 79.1 Å². The Bertz CT molecular complexity index is 2370. The lowest BCUT2D eigenvalue weighted by Crippen LogP contribution is -2.57. The number of para-hydroxylation sites is 6. The Hall–Kier alpha value is -5.55. The molecular weight excluding hydrogens is 659 g/mol. The van der Waals surface area contributed by atoms with Crippen LogP contribution in [0.2, 0.25) is 0 Å². The minimum atomic E-state index is 0.0142. The molecule has 0 fully saturated rings. The standard InChI is InChI=1S/C49H48BN2O2/c1-29(2)34-17-15-18-35(30(3)4)47(34)51-40-23-11-12-24-41(40)52(48-36(31(5)6)19-16-20-37(48)32(7)8)49(51)33-27-44-46-45(28-33)54-43-26-14-10-22-39(43)50(46)38-21-9-13-25-42(38)53-44/h9-32H,1-8H3/q+1. The van der Waals surface area contributed by atoms with E-state index in [0.29, 0.717) is 23.7 Å². The molecule has 0 N–H and O–H groups in total. The number of rotatable bonds is 7. The molecule has 0 unspecified atom stereocenters. The highest BCUT2D eigenvalue weighted by Crippen LogP contribution is 2.43. The topological polar surface area (TPSA) is 27.3 Å². The van der Waals surface area contributed by atoms with Gasteiger partial charge in [0, 0.05) is 27.7 Å². The van der Waals surface area contributed by atoms with Gasteiger partial charge in [-0.3, -0.25) is 0 Å². The second kappa shape index (κ2) is 13.1. The molecule has 0 amide bonds. The average molecular weight is 708 g/mol. The van der Waals surface area contributed by atoms with E-state index in [9.17, 15) is 0 Å². The molecule has 2 aliphatic rings. The maximum atomic E-state index is 6.92. The van der Waals surface area contributed by atoms with Crippen molar-refractivity contribution in [1.82, 2.24) is 4.57 Å². The molecule has 6 aromatic carbocycles. The van der Waals surface area contributed by atoms with Crippen molar-refractivity contribution < 1.29 is 14.0 Å². The molecule has 3 heterocycles. The van der Waals surface area contributed by atoms with E-state index in [1.54, 1.807) is 0 Å². The van der Waals surface area contributed by atoms with Gasteiger partial charge in [-0.15, -0.1) is 0 Å². The molecule has 0 saturated heterocycles. The van der Waals surface area contributed by atoms with Gasteiger partial charge in [0.1, 0.15) is 34.4 Å². The predicted octanol–water partition coefficient (Wildman–Crippen LogP) is 10.8. The van der Waals surface area contributed by atoms with Gasteiger partial charge >= 0.3 is 5.82 Å². The van der Waals surface area contributed by atoms with Crippen molar-refractivity contribution >= 4 is 34.1 Å². The summed E-state index contributed by atoms with van der Waals surface area (Å²) in [5.74, 6) is 5.77. The van der Waals surface area contributed by atoms with E-state index in [2.05, 4.69) is 186 Å². The minimum absolute atomic E-state index is 0.0142. The van der Waals surface area contributed by atoms with Crippen LogP contribution in [0, 0.1) is 0 Å². The van der Waals surface area contributed by atoms with Crippen LogP contribution in [0.25, 0.3) is 33.8 Å². The maximum absolute atomic E-state index is 6.92. The Morgan fingerprint density at radius 3 is 1.48 bits per heavy atom. The number of aromatic nitrogens is 2. The molecule has 0 radical (unpaired) electrons. The molecule has 9 rings (SSSR count). The fourth-order valence-corrected chi connectivity index (χ4v) is 8.94. The van der Waals surface area contributed by atoms with Gasteiger partial charge in [0.05, 0.1) is 5.56 Å². The van der Waals surface area contributed by atoms with E-state index < -0.39 is 0 Å². The van der Waals surface area contributed by atoms with Crippen LogP contribution in [0.15, 0.2) is 121 Å². The largest absolute Gasteiger partial charge is 0.458 e. The number of benzene rings is 6. The van der Waals surface area contributed by atoms with Crippen LogP contribution in [0.5, 0.6) is 23.0 Å². The van der Waals surface area contributed by atoms with Crippen LogP contribution in [-0.4, -0.2) is 11.3 Å². The Labute approximate surface area is 320 Å². The molecule has 268 valence electrons. The van der Waals surface area contributed by atoms with E-state index >= 15 is 0 Å². The Balaban J connectivity index is 1.47. The second-order valence-electron chi connectivity index (χ2n) is 16.3. The number of nitrogens with zero attached hydrogens (tertiary/aromatic N) is 2. The van der Waals surface area contributed by atoms with Crippen molar-refractivity contribution in [3.05, 3.63) is 144 Å². The molecule has 5 heteroatoms. The van der Waals surface area contributed by atoms with Crippen molar-refractivity contribution in [2.24, 2.45) is 0 Å². The fourth-order valence-electron chi connectivity index (χ4n) is 8.94. The van der Waals surface area contributed by atoms with E-state index in [1.165, 1.54) is 44.6 Å². The number of hydrogen-bond donors (Lipinski definition) is 0. The van der Waals surface area contributed by atoms with Crippen LogP contribution >= 0.6 is 0 Å². The third-order valence-electron chi connectivity index (χ3n) is 11.5. The number of hydrogen-bond acceptors (Lipinski definition) is 2. The molecule has 54 heavy (non-hydrogen) atoms. The Morgan fingerprint density at radius 2 is 0.963 bits per heavy atom. The van der Waals surface area contributed by atoms with E-state index in [-0.39, 0.29) is 6.71 Å². The van der Waals surface area contributed by atoms with E-state index in [1.807, 2.05) is 0 Å². The molecular formula is C49H48BN2O2+. The summed E-state index contributed by atoms with van der Waals surface area (Å²) in [6.07, 6.45) is 0. The summed E-state index contributed by atoms with van der Waals surface area (Å²) >= 11 is 0. The van der Waals surface area contributed by atoms with Crippen LogP contribution in [0.1, 0.15) is 101 Å². The van der Waals surface area contributed by atoms with Gasteiger partial charge in [0.2, 0.25) is 0 Å². The molecule has 2 aliphatic heterocycles.